The van der Waals surface area contributed by atoms with Crippen LogP contribution >= 0.6 is 0 Å². The first-order valence-electron chi connectivity index (χ1n) is 2.95. The maximum atomic E-state index is 12.5. The minimum atomic E-state index is -0.784. The van der Waals surface area contributed by atoms with Crippen LogP contribution in [0.25, 0.3) is 0 Å². The molecule has 0 aliphatic heterocycles. The Morgan fingerprint density at radius 3 is 2.17 bits per heavy atom. The van der Waals surface area contributed by atoms with Crippen LogP contribution in [0.3, 0.4) is 0 Å². The van der Waals surface area contributed by atoms with Gasteiger partial charge in [-0.15, -0.1) is 0 Å². The summed E-state index contributed by atoms with van der Waals surface area (Å²) in [7, 11) is 0. The molecule has 0 aliphatic rings. The molecule has 5 heteroatoms. The van der Waals surface area contributed by atoms with Crippen LogP contribution in [0.2, 0.25) is 0 Å². The predicted octanol–water partition coefficient (Wildman–Crippen LogP) is 1.21. The zero-order chi connectivity index (χ0) is 9.14. The van der Waals surface area contributed by atoms with E-state index in [1.807, 2.05) is 0 Å². The van der Waals surface area contributed by atoms with E-state index in [0.29, 0.717) is 31.2 Å². The standard InChI is InChI=1S/C7H4F2O2.Bi/c8-5-1-4(7(10)11)2-6(9)3-5;/h1-3H,(H,10,11);/q;+1/p-1. The molecular formula is C7H3BiF2O2. The summed E-state index contributed by atoms with van der Waals surface area (Å²) in [5, 5.41) is 0. The first kappa shape index (κ1) is 9.52. The average Bonchev–Trinajstić information content (AvgIpc) is 2.01. The van der Waals surface area contributed by atoms with E-state index in [9.17, 15) is 13.6 Å². The second-order valence-corrected chi connectivity index (χ2v) is 2.75. The molecule has 1 aromatic rings. The van der Waals surface area contributed by atoms with Gasteiger partial charge in [-0.2, -0.15) is 0 Å². The van der Waals surface area contributed by atoms with E-state index >= 15 is 0 Å². The fourth-order valence-corrected chi connectivity index (χ4v) is 1.13. The molecule has 0 atom stereocenters. The Kier molecular flexibility index (Phi) is 3.09. The van der Waals surface area contributed by atoms with Crippen molar-refractivity contribution in [3.8, 4) is 0 Å². The van der Waals surface area contributed by atoms with E-state index in [1.54, 1.807) is 0 Å². The van der Waals surface area contributed by atoms with Crippen LogP contribution in [-0.2, 0) is 2.81 Å². The van der Waals surface area contributed by atoms with Gasteiger partial charge in [0.1, 0.15) is 0 Å². The van der Waals surface area contributed by atoms with E-state index in [4.69, 9.17) is 0 Å². The summed E-state index contributed by atoms with van der Waals surface area (Å²) in [6.07, 6.45) is 0. The van der Waals surface area contributed by atoms with Crippen LogP contribution in [0.1, 0.15) is 10.4 Å². The SMILES string of the molecule is O=C([O][Bi])c1cc(F)cc(F)c1. The summed E-state index contributed by atoms with van der Waals surface area (Å²) in [5.74, 6) is -2.27. The Labute approximate surface area is 83.0 Å². The molecule has 1 aromatic carbocycles. The van der Waals surface area contributed by atoms with Crippen molar-refractivity contribution in [2.24, 2.45) is 0 Å². The molecule has 2 nitrogen and oxygen atoms in total. The fourth-order valence-electron chi connectivity index (χ4n) is 0.724. The molecule has 2 radical (unpaired) electrons. The number of halogens is 2. The van der Waals surface area contributed by atoms with Crippen molar-refractivity contribution in [1.29, 1.82) is 0 Å². The Hall–Kier alpha value is -0.567. The Balaban J connectivity index is 3.08. The summed E-state index contributed by atoms with van der Waals surface area (Å²) >= 11 is 0.396. The maximum absolute atomic E-state index is 12.5. The summed E-state index contributed by atoms with van der Waals surface area (Å²) < 4.78 is 29.4. The summed E-state index contributed by atoms with van der Waals surface area (Å²) in [6.45, 7) is 0. The van der Waals surface area contributed by atoms with Crippen molar-refractivity contribution in [2.75, 3.05) is 0 Å². The number of carbonyl (C=O) groups is 1. The first-order chi connectivity index (χ1) is 5.63. The van der Waals surface area contributed by atoms with Crippen LogP contribution in [0.5, 0.6) is 0 Å². The van der Waals surface area contributed by atoms with E-state index in [1.165, 1.54) is 0 Å². The minimum absolute atomic E-state index is 0.102. The second-order valence-electron chi connectivity index (χ2n) is 2.04. The van der Waals surface area contributed by atoms with Gasteiger partial charge in [-0.3, -0.25) is 0 Å². The van der Waals surface area contributed by atoms with Gasteiger partial charge in [-0.1, -0.05) is 0 Å². The molecular weight excluding hydrogens is 363 g/mol. The van der Waals surface area contributed by atoms with E-state index in [-0.39, 0.29) is 5.56 Å². The zero-order valence-corrected chi connectivity index (χ0v) is 9.23. The van der Waals surface area contributed by atoms with E-state index < -0.39 is 17.6 Å². The topological polar surface area (TPSA) is 26.3 Å². The van der Waals surface area contributed by atoms with Crippen LogP contribution in [0.4, 0.5) is 8.78 Å². The van der Waals surface area contributed by atoms with Crippen molar-refractivity contribution < 1.29 is 16.4 Å². The predicted molar refractivity (Wildman–Crippen MR) is 37.5 cm³/mol. The third-order valence-electron chi connectivity index (χ3n) is 1.18. The summed E-state index contributed by atoms with van der Waals surface area (Å²) in [6, 6.07) is 2.55. The summed E-state index contributed by atoms with van der Waals surface area (Å²) in [4.78, 5) is 10.8. The molecule has 0 saturated carbocycles. The molecule has 62 valence electrons. The van der Waals surface area contributed by atoms with Gasteiger partial charge in [-0.05, 0) is 0 Å². The number of carbonyl (C=O) groups excluding carboxylic acids is 1. The number of benzene rings is 1. The molecule has 0 fully saturated rings. The van der Waals surface area contributed by atoms with Crippen molar-refractivity contribution in [2.45, 2.75) is 0 Å². The molecule has 0 N–H and O–H groups in total. The second kappa shape index (κ2) is 3.90. The van der Waals surface area contributed by atoms with Crippen molar-refractivity contribution >= 4 is 31.1 Å². The van der Waals surface area contributed by atoms with Gasteiger partial charge in [-0.25, -0.2) is 0 Å². The third-order valence-corrected chi connectivity index (χ3v) is 1.83. The van der Waals surface area contributed by atoms with Gasteiger partial charge in [0, 0.05) is 0 Å². The van der Waals surface area contributed by atoms with Crippen LogP contribution in [0, 0.1) is 11.6 Å². The van der Waals surface area contributed by atoms with Gasteiger partial charge in [0.25, 0.3) is 0 Å². The van der Waals surface area contributed by atoms with Crippen molar-refractivity contribution in [1.82, 2.24) is 0 Å². The molecule has 0 saturated heterocycles. The molecule has 0 heterocycles. The van der Waals surface area contributed by atoms with Gasteiger partial charge < -0.3 is 0 Å². The van der Waals surface area contributed by atoms with Gasteiger partial charge in [0.05, 0.1) is 0 Å². The van der Waals surface area contributed by atoms with Crippen LogP contribution in [0.15, 0.2) is 18.2 Å². The molecule has 1 rings (SSSR count). The van der Waals surface area contributed by atoms with E-state index in [0.717, 1.165) is 12.1 Å². The molecule has 0 bridgehead atoms. The fraction of sp³-hybridized carbons (Fsp3) is 0. The number of hydrogen-bond donors (Lipinski definition) is 0. The molecule has 0 amide bonds. The summed E-state index contributed by atoms with van der Waals surface area (Å²) in [5.41, 5.74) is -0.102. The number of rotatable bonds is 1. The normalized spacial score (nSPS) is 9.58. The Morgan fingerprint density at radius 1 is 1.25 bits per heavy atom. The van der Waals surface area contributed by atoms with Gasteiger partial charge in [0.2, 0.25) is 0 Å². The molecule has 12 heavy (non-hydrogen) atoms. The quantitative estimate of drug-likeness (QED) is 0.699. The monoisotopic (exact) mass is 366 g/mol. The molecule has 0 spiro atoms. The van der Waals surface area contributed by atoms with Gasteiger partial charge >= 0.3 is 82.9 Å². The zero-order valence-electron chi connectivity index (χ0n) is 5.75. The molecule has 0 aromatic heterocycles. The molecule has 0 aliphatic carbocycles. The average molecular weight is 366 g/mol. The Morgan fingerprint density at radius 2 is 1.75 bits per heavy atom. The first-order valence-corrected chi connectivity index (χ1v) is 4.37. The van der Waals surface area contributed by atoms with Crippen LogP contribution in [-0.4, -0.2) is 31.1 Å². The molecule has 0 unspecified atom stereocenters. The van der Waals surface area contributed by atoms with E-state index in [2.05, 4.69) is 2.81 Å². The number of hydrogen-bond acceptors (Lipinski definition) is 2. The van der Waals surface area contributed by atoms with Gasteiger partial charge in [0.15, 0.2) is 0 Å². The van der Waals surface area contributed by atoms with Crippen molar-refractivity contribution in [3.63, 3.8) is 0 Å². The van der Waals surface area contributed by atoms with Crippen LogP contribution < -0.4 is 0 Å². The Bertz CT molecular complexity index is 294. The van der Waals surface area contributed by atoms with Crippen molar-refractivity contribution in [3.05, 3.63) is 35.4 Å². The third kappa shape index (κ3) is 2.21.